The van der Waals surface area contributed by atoms with Gasteiger partial charge in [0.1, 0.15) is 6.04 Å². The number of hydrogen-bond acceptors (Lipinski definition) is 3. The molecule has 1 saturated carbocycles. The molecule has 3 fully saturated rings. The average molecular weight is 390 g/mol. The zero-order valence-corrected chi connectivity index (χ0v) is 16.4. The van der Waals surface area contributed by atoms with Crippen molar-refractivity contribution in [3.63, 3.8) is 0 Å². The molecule has 1 aliphatic carbocycles. The second-order valence-electron chi connectivity index (χ2n) is 8.26. The van der Waals surface area contributed by atoms with Crippen LogP contribution in [-0.4, -0.2) is 53.3 Å². The van der Waals surface area contributed by atoms with E-state index >= 15 is 0 Å². The fourth-order valence-electron chi connectivity index (χ4n) is 5.18. The highest BCUT2D eigenvalue weighted by molar-refractivity contribution is 6.31. The fourth-order valence-corrected chi connectivity index (χ4v) is 5.37. The lowest BCUT2D eigenvalue weighted by Crippen LogP contribution is -2.50. The van der Waals surface area contributed by atoms with Gasteiger partial charge in [-0.2, -0.15) is 0 Å². The molecule has 2 N–H and O–H groups in total. The van der Waals surface area contributed by atoms with E-state index in [1.54, 1.807) is 24.3 Å². The summed E-state index contributed by atoms with van der Waals surface area (Å²) in [5, 5.41) is 0.549. The van der Waals surface area contributed by atoms with Crippen LogP contribution in [0.2, 0.25) is 5.02 Å². The second kappa shape index (κ2) is 7.80. The van der Waals surface area contributed by atoms with E-state index < -0.39 is 0 Å². The van der Waals surface area contributed by atoms with E-state index in [2.05, 4.69) is 0 Å². The van der Waals surface area contributed by atoms with Gasteiger partial charge in [-0.1, -0.05) is 30.5 Å². The summed E-state index contributed by atoms with van der Waals surface area (Å²) in [6, 6.07) is 6.90. The zero-order valence-electron chi connectivity index (χ0n) is 15.6. The monoisotopic (exact) mass is 389 g/mol. The number of likely N-dealkylation sites (tertiary alicyclic amines) is 2. The molecule has 27 heavy (non-hydrogen) atoms. The van der Waals surface area contributed by atoms with Crippen molar-refractivity contribution in [1.29, 1.82) is 0 Å². The zero-order chi connectivity index (χ0) is 19.0. The van der Waals surface area contributed by atoms with Crippen molar-refractivity contribution in [2.45, 2.75) is 50.6 Å². The van der Waals surface area contributed by atoms with Crippen molar-refractivity contribution in [2.75, 3.05) is 19.6 Å². The molecule has 2 saturated heterocycles. The Balaban J connectivity index is 1.60. The summed E-state index contributed by atoms with van der Waals surface area (Å²) in [4.78, 5) is 30.5. The summed E-state index contributed by atoms with van der Waals surface area (Å²) < 4.78 is 0. The number of nitrogens with zero attached hydrogens (tertiary/aromatic N) is 2. The van der Waals surface area contributed by atoms with E-state index in [0.29, 0.717) is 29.0 Å². The Hall–Kier alpha value is -1.59. The molecule has 146 valence electrons. The smallest absolute Gasteiger partial charge is 0.254 e. The van der Waals surface area contributed by atoms with E-state index in [4.69, 9.17) is 17.3 Å². The van der Waals surface area contributed by atoms with Gasteiger partial charge in [-0.05, 0) is 62.3 Å². The maximum atomic E-state index is 13.4. The first-order valence-electron chi connectivity index (χ1n) is 10.2. The Morgan fingerprint density at radius 3 is 2.74 bits per heavy atom. The summed E-state index contributed by atoms with van der Waals surface area (Å²) in [5.74, 6) is 0.869. The number of amides is 2. The highest BCUT2D eigenvalue weighted by Gasteiger charge is 2.49. The summed E-state index contributed by atoms with van der Waals surface area (Å²) in [6.07, 6.45) is 6.18. The van der Waals surface area contributed by atoms with E-state index in [1.807, 2.05) is 9.80 Å². The maximum Gasteiger partial charge on any atom is 0.254 e. The molecule has 2 aliphatic heterocycles. The highest BCUT2D eigenvalue weighted by atomic mass is 35.5. The van der Waals surface area contributed by atoms with E-state index in [9.17, 15) is 9.59 Å². The minimum absolute atomic E-state index is 0.0557. The lowest BCUT2D eigenvalue weighted by atomic mass is 9.84. The van der Waals surface area contributed by atoms with Crippen LogP contribution in [-0.2, 0) is 4.79 Å². The topological polar surface area (TPSA) is 66.6 Å². The second-order valence-corrected chi connectivity index (χ2v) is 8.70. The standard InChI is InChI=1S/C21H28ClN3O2/c22-17-6-3-5-16(10-17)20(26)25-18-7-2-1-4-15(18)11-19(25)21(27)24-9-8-14(12-23)13-24/h3,5-6,10,14-15,18-19H,1-2,4,7-9,11-13,23H2. The molecule has 1 aromatic carbocycles. The molecule has 4 unspecified atom stereocenters. The number of carbonyl (C=O) groups excluding carboxylic acids is 2. The number of hydrogen-bond donors (Lipinski definition) is 1. The van der Waals surface area contributed by atoms with Gasteiger partial charge < -0.3 is 15.5 Å². The predicted octanol–water partition coefficient (Wildman–Crippen LogP) is 2.92. The van der Waals surface area contributed by atoms with E-state index in [0.717, 1.165) is 45.2 Å². The van der Waals surface area contributed by atoms with Gasteiger partial charge in [0.2, 0.25) is 5.91 Å². The summed E-state index contributed by atoms with van der Waals surface area (Å²) in [5.41, 5.74) is 6.37. The van der Waals surface area contributed by atoms with Crippen LogP contribution in [0.3, 0.4) is 0 Å². The largest absolute Gasteiger partial charge is 0.341 e. The number of halogens is 1. The highest BCUT2D eigenvalue weighted by Crippen LogP contribution is 2.41. The molecule has 6 heteroatoms. The molecule has 2 amide bonds. The van der Waals surface area contributed by atoms with Gasteiger partial charge in [-0.25, -0.2) is 0 Å². The minimum Gasteiger partial charge on any atom is -0.341 e. The number of carbonyl (C=O) groups is 2. The maximum absolute atomic E-state index is 13.4. The summed E-state index contributed by atoms with van der Waals surface area (Å²) in [6.45, 7) is 2.09. The first-order valence-corrected chi connectivity index (χ1v) is 10.5. The Labute approximate surface area is 165 Å². The first-order chi connectivity index (χ1) is 13.1. The van der Waals surface area contributed by atoms with Crippen LogP contribution in [0.25, 0.3) is 0 Å². The normalized spacial score (nSPS) is 30.4. The molecule has 0 radical (unpaired) electrons. The van der Waals surface area contributed by atoms with Crippen LogP contribution in [0, 0.1) is 11.8 Å². The molecule has 5 nitrogen and oxygen atoms in total. The van der Waals surface area contributed by atoms with Crippen molar-refractivity contribution in [3.05, 3.63) is 34.9 Å². The average Bonchev–Trinajstić information content (AvgIpc) is 3.31. The van der Waals surface area contributed by atoms with Crippen LogP contribution >= 0.6 is 11.6 Å². The van der Waals surface area contributed by atoms with Crippen molar-refractivity contribution >= 4 is 23.4 Å². The third-order valence-corrected chi connectivity index (χ3v) is 6.85. The quantitative estimate of drug-likeness (QED) is 0.864. The molecule has 4 atom stereocenters. The molecule has 4 rings (SSSR count). The molecular weight excluding hydrogens is 362 g/mol. The van der Waals surface area contributed by atoms with Crippen LogP contribution in [0.15, 0.2) is 24.3 Å². The number of fused-ring (bicyclic) bond motifs is 1. The SMILES string of the molecule is NCC1CCN(C(=O)C2CC3CCCCC3N2C(=O)c2cccc(Cl)c2)C1. The van der Waals surface area contributed by atoms with Gasteiger partial charge in [-0.3, -0.25) is 9.59 Å². The van der Waals surface area contributed by atoms with Gasteiger partial charge in [0.05, 0.1) is 0 Å². The van der Waals surface area contributed by atoms with Gasteiger partial charge in [0.25, 0.3) is 5.91 Å². The molecular formula is C21H28ClN3O2. The van der Waals surface area contributed by atoms with Crippen LogP contribution in [0.4, 0.5) is 0 Å². The Bertz CT molecular complexity index is 725. The van der Waals surface area contributed by atoms with Gasteiger partial charge >= 0.3 is 0 Å². The van der Waals surface area contributed by atoms with Crippen LogP contribution in [0.1, 0.15) is 48.9 Å². The Morgan fingerprint density at radius 2 is 2.00 bits per heavy atom. The third-order valence-electron chi connectivity index (χ3n) is 6.61. The third kappa shape index (κ3) is 3.59. The molecule has 2 heterocycles. The molecule has 0 aromatic heterocycles. The Kier molecular flexibility index (Phi) is 5.42. The minimum atomic E-state index is -0.346. The van der Waals surface area contributed by atoms with Gasteiger partial charge in [-0.15, -0.1) is 0 Å². The Morgan fingerprint density at radius 1 is 1.19 bits per heavy atom. The fraction of sp³-hybridized carbons (Fsp3) is 0.619. The number of benzene rings is 1. The lowest BCUT2D eigenvalue weighted by Gasteiger charge is -2.34. The molecule has 0 spiro atoms. The first kappa shape index (κ1) is 18.8. The number of rotatable bonds is 3. The van der Waals surface area contributed by atoms with Crippen molar-refractivity contribution in [1.82, 2.24) is 9.80 Å². The van der Waals surface area contributed by atoms with E-state index in [-0.39, 0.29) is 23.9 Å². The van der Waals surface area contributed by atoms with Crippen molar-refractivity contribution in [3.8, 4) is 0 Å². The van der Waals surface area contributed by atoms with Crippen LogP contribution < -0.4 is 5.73 Å². The van der Waals surface area contributed by atoms with E-state index in [1.165, 1.54) is 6.42 Å². The lowest BCUT2D eigenvalue weighted by molar-refractivity contribution is -0.134. The van der Waals surface area contributed by atoms with Crippen molar-refractivity contribution in [2.24, 2.45) is 17.6 Å². The summed E-state index contributed by atoms with van der Waals surface area (Å²) >= 11 is 6.11. The van der Waals surface area contributed by atoms with Gasteiger partial charge in [0, 0.05) is 29.7 Å². The molecule has 1 aromatic rings. The molecule has 0 bridgehead atoms. The number of nitrogens with two attached hydrogens (primary N) is 1. The summed E-state index contributed by atoms with van der Waals surface area (Å²) in [7, 11) is 0. The van der Waals surface area contributed by atoms with Crippen molar-refractivity contribution < 1.29 is 9.59 Å². The van der Waals surface area contributed by atoms with Gasteiger partial charge in [0.15, 0.2) is 0 Å². The van der Waals surface area contributed by atoms with Crippen LogP contribution in [0.5, 0.6) is 0 Å². The molecule has 3 aliphatic rings. The predicted molar refractivity (Wildman–Crippen MR) is 106 cm³/mol.